The summed E-state index contributed by atoms with van der Waals surface area (Å²) in [6.07, 6.45) is 2.46. The summed E-state index contributed by atoms with van der Waals surface area (Å²) in [6, 6.07) is 16.6. The number of carbonyl (C=O) groups excluding carboxylic acids is 1. The van der Waals surface area contributed by atoms with Gasteiger partial charge in [-0.3, -0.25) is 9.69 Å². The van der Waals surface area contributed by atoms with Crippen molar-refractivity contribution in [3.05, 3.63) is 65.2 Å². The summed E-state index contributed by atoms with van der Waals surface area (Å²) >= 11 is 0. The number of ether oxygens (including phenoxy) is 1. The third-order valence-electron chi connectivity index (χ3n) is 4.99. The van der Waals surface area contributed by atoms with Gasteiger partial charge in [0.05, 0.1) is 6.04 Å². The molecular formula is C22H28N2O2. The van der Waals surface area contributed by atoms with Crippen molar-refractivity contribution in [3.63, 3.8) is 0 Å². The molecule has 2 aromatic carbocycles. The monoisotopic (exact) mass is 352 g/mol. The highest BCUT2D eigenvalue weighted by molar-refractivity contribution is 5.77. The lowest BCUT2D eigenvalue weighted by molar-refractivity contribution is -0.123. The van der Waals surface area contributed by atoms with Gasteiger partial charge in [-0.1, -0.05) is 48.0 Å². The van der Waals surface area contributed by atoms with Crippen LogP contribution in [-0.4, -0.2) is 37.0 Å². The van der Waals surface area contributed by atoms with Gasteiger partial charge in [0, 0.05) is 6.54 Å². The SMILES string of the molecule is Cc1ccc([C@@H](CNC(=O)COc2ccccc2C)N2CCCC2)cc1. The molecule has 1 heterocycles. The number of nitrogens with zero attached hydrogens (tertiary/aromatic N) is 1. The van der Waals surface area contributed by atoms with E-state index in [-0.39, 0.29) is 18.6 Å². The average Bonchev–Trinajstić information content (AvgIpc) is 3.17. The van der Waals surface area contributed by atoms with Gasteiger partial charge in [-0.25, -0.2) is 0 Å². The lowest BCUT2D eigenvalue weighted by Gasteiger charge is -2.28. The Morgan fingerprint density at radius 3 is 2.46 bits per heavy atom. The second-order valence-corrected chi connectivity index (χ2v) is 7.03. The molecule has 0 radical (unpaired) electrons. The van der Waals surface area contributed by atoms with Gasteiger partial charge in [-0.2, -0.15) is 0 Å². The Bertz CT molecular complexity index is 721. The van der Waals surface area contributed by atoms with Crippen molar-refractivity contribution < 1.29 is 9.53 Å². The Hall–Kier alpha value is -2.33. The first kappa shape index (κ1) is 18.5. The third-order valence-corrected chi connectivity index (χ3v) is 4.99. The predicted molar refractivity (Wildman–Crippen MR) is 104 cm³/mol. The second-order valence-electron chi connectivity index (χ2n) is 7.03. The Morgan fingerprint density at radius 2 is 1.77 bits per heavy atom. The first-order chi connectivity index (χ1) is 12.6. The molecule has 0 spiro atoms. The summed E-state index contributed by atoms with van der Waals surface area (Å²) in [7, 11) is 0. The molecule has 1 aliphatic rings. The normalized spacial score (nSPS) is 15.6. The molecule has 4 nitrogen and oxygen atoms in total. The van der Waals surface area contributed by atoms with Gasteiger partial charge in [0.2, 0.25) is 0 Å². The Balaban J connectivity index is 1.57. The molecule has 1 fully saturated rings. The van der Waals surface area contributed by atoms with Crippen LogP contribution in [0.1, 0.15) is 35.6 Å². The summed E-state index contributed by atoms with van der Waals surface area (Å²) < 4.78 is 5.65. The van der Waals surface area contributed by atoms with E-state index in [9.17, 15) is 4.79 Å². The zero-order valence-corrected chi connectivity index (χ0v) is 15.7. The number of aryl methyl sites for hydroxylation is 2. The van der Waals surface area contributed by atoms with E-state index in [0.29, 0.717) is 6.54 Å². The first-order valence-electron chi connectivity index (χ1n) is 9.39. The van der Waals surface area contributed by atoms with Gasteiger partial charge in [0.15, 0.2) is 6.61 Å². The van der Waals surface area contributed by atoms with E-state index in [1.54, 1.807) is 0 Å². The van der Waals surface area contributed by atoms with E-state index in [1.807, 2.05) is 31.2 Å². The zero-order valence-electron chi connectivity index (χ0n) is 15.7. The number of nitrogens with one attached hydrogen (secondary N) is 1. The molecule has 1 atom stereocenters. The van der Waals surface area contributed by atoms with E-state index in [2.05, 4.69) is 41.4 Å². The number of hydrogen-bond donors (Lipinski definition) is 1. The maximum atomic E-state index is 12.3. The van der Waals surface area contributed by atoms with Crippen LogP contribution in [0.3, 0.4) is 0 Å². The first-order valence-corrected chi connectivity index (χ1v) is 9.39. The van der Waals surface area contributed by atoms with Gasteiger partial charge < -0.3 is 10.1 Å². The lowest BCUT2D eigenvalue weighted by Crippen LogP contribution is -2.38. The molecule has 1 aliphatic heterocycles. The van der Waals surface area contributed by atoms with Gasteiger partial charge in [-0.15, -0.1) is 0 Å². The molecule has 4 heteroatoms. The summed E-state index contributed by atoms with van der Waals surface area (Å²) in [6.45, 7) is 6.92. The van der Waals surface area contributed by atoms with Gasteiger partial charge in [0.25, 0.3) is 5.91 Å². The average molecular weight is 352 g/mol. The molecule has 26 heavy (non-hydrogen) atoms. The van der Waals surface area contributed by atoms with Crippen molar-refractivity contribution in [1.29, 1.82) is 0 Å². The topological polar surface area (TPSA) is 41.6 Å². The molecule has 0 bridgehead atoms. The van der Waals surface area contributed by atoms with Crippen LogP contribution in [0.15, 0.2) is 48.5 Å². The smallest absolute Gasteiger partial charge is 0.258 e. The van der Waals surface area contributed by atoms with Crippen LogP contribution in [0.5, 0.6) is 5.75 Å². The number of benzene rings is 2. The number of amides is 1. The van der Waals surface area contributed by atoms with Crippen LogP contribution in [0.25, 0.3) is 0 Å². The molecule has 2 aromatic rings. The third kappa shape index (κ3) is 4.85. The van der Waals surface area contributed by atoms with Crippen LogP contribution in [0.4, 0.5) is 0 Å². The molecule has 0 aliphatic carbocycles. The fourth-order valence-corrected chi connectivity index (χ4v) is 3.42. The molecule has 1 saturated heterocycles. The molecular weight excluding hydrogens is 324 g/mol. The highest BCUT2D eigenvalue weighted by Gasteiger charge is 2.23. The van der Waals surface area contributed by atoms with E-state index in [4.69, 9.17) is 4.74 Å². The number of carbonyl (C=O) groups is 1. The summed E-state index contributed by atoms with van der Waals surface area (Å²) in [5.74, 6) is 0.682. The van der Waals surface area contributed by atoms with Crippen molar-refractivity contribution in [3.8, 4) is 5.75 Å². The molecule has 1 amide bonds. The highest BCUT2D eigenvalue weighted by Crippen LogP contribution is 2.25. The number of rotatable bonds is 7. The molecule has 0 aromatic heterocycles. The highest BCUT2D eigenvalue weighted by atomic mass is 16.5. The molecule has 1 N–H and O–H groups in total. The molecule has 3 rings (SSSR count). The lowest BCUT2D eigenvalue weighted by atomic mass is 10.0. The van der Waals surface area contributed by atoms with Gasteiger partial charge in [0.1, 0.15) is 5.75 Å². The van der Waals surface area contributed by atoms with Crippen LogP contribution in [-0.2, 0) is 4.79 Å². The quantitative estimate of drug-likeness (QED) is 0.827. The van der Waals surface area contributed by atoms with E-state index in [1.165, 1.54) is 24.0 Å². The fourth-order valence-electron chi connectivity index (χ4n) is 3.42. The number of hydrogen-bond acceptors (Lipinski definition) is 3. The van der Waals surface area contributed by atoms with Crippen molar-refractivity contribution in [2.24, 2.45) is 0 Å². The van der Waals surface area contributed by atoms with Gasteiger partial charge >= 0.3 is 0 Å². The van der Waals surface area contributed by atoms with Gasteiger partial charge in [-0.05, 0) is 57.0 Å². The van der Waals surface area contributed by atoms with E-state index in [0.717, 1.165) is 24.4 Å². The Morgan fingerprint density at radius 1 is 1.08 bits per heavy atom. The van der Waals surface area contributed by atoms with Crippen molar-refractivity contribution in [2.45, 2.75) is 32.7 Å². The second kappa shape index (κ2) is 8.86. The maximum absolute atomic E-state index is 12.3. The minimum Gasteiger partial charge on any atom is -0.484 e. The van der Waals surface area contributed by atoms with Crippen LogP contribution in [0, 0.1) is 13.8 Å². The Kier molecular flexibility index (Phi) is 6.29. The number of para-hydroxylation sites is 1. The molecule has 0 unspecified atom stereocenters. The van der Waals surface area contributed by atoms with E-state index < -0.39 is 0 Å². The van der Waals surface area contributed by atoms with Crippen LogP contribution in [0.2, 0.25) is 0 Å². The summed E-state index contributed by atoms with van der Waals surface area (Å²) in [5.41, 5.74) is 3.55. The van der Waals surface area contributed by atoms with Crippen LogP contribution >= 0.6 is 0 Å². The summed E-state index contributed by atoms with van der Waals surface area (Å²) in [5, 5.41) is 3.06. The maximum Gasteiger partial charge on any atom is 0.258 e. The largest absolute Gasteiger partial charge is 0.484 e. The molecule has 0 saturated carbocycles. The summed E-state index contributed by atoms with van der Waals surface area (Å²) in [4.78, 5) is 14.7. The van der Waals surface area contributed by atoms with Crippen LogP contribution < -0.4 is 10.1 Å². The van der Waals surface area contributed by atoms with Crippen molar-refractivity contribution in [2.75, 3.05) is 26.2 Å². The molecule has 138 valence electrons. The Labute approximate surface area is 156 Å². The minimum absolute atomic E-state index is 0.0471. The van der Waals surface area contributed by atoms with E-state index >= 15 is 0 Å². The minimum atomic E-state index is -0.0791. The standard InChI is InChI=1S/C22H28N2O2/c1-17-9-11-19(12-10-17)20(24-13-5-6-14-24)15-23-22(25)16-26-21-8-4-3-7-18(21)2/h3-4,7-12,20H,5-6,13-16H2,1-2H3,(H,23,25)/t20-/m1/s1. The van der Waals surface area contributed by atoms with Crippen molar-refractivity contribution in [1.82, 2.24) is 10.2 Å². The predicted octanol–water partition coefficient (Wildman–Crippen LogP) is 3.64. The van der Waals surface area contributed by atoms with Crippen molar-refractivity contribution >= 4 is 5.91 Å². The fraction of sp³-hybridized carbons (Fsp3) is 0.409. The number of likely N-dealkylation sites (tertiary alicyclic amines) is 1. The zero-order chi connectivity index (χ0) is 18.4.